The van der Waals surface area contributed by atoms with E-state index in [1.807, 2.05) is 0 Å². The van der Waals surface area contributed by atoms with Gasteiger partial charge in [0.15, 0.2) is 0 Å². The van der Waals surface area contributed by atoms with E-state index in [9.17, 15) is 14.4 Å². The zero-order chi connectivity index (χ0) is 15.7. The van der Waals surface area contributed by atoms with Crippen LogP contribution in [-0.4, -0.2) is 54.4 Å². The molecule has 1 rings (SSSR count). The third-order valence-corrected chi connectivity index (χ3v) is 2.78. The molecule has 0 aliphatic heterocycles. The fraction of sp³-hybridized carbons (Fsp3) is 0.429. The summed E-state index contributed by atoms with van der Waals surface area (Å²) in [4.78, 5) is 39.8. The van der Waals surface area contributed by atoms with Gasteiger partial charge < -0.3 is 15.0 Å². The molecule has 7 heteroatoms. The number of nitrogens with zero attached hydrogens (tertiary/aromatic N) is 2. The molecular weight excluding hydrogens is 274 g/mol. The summed E-state index contributed by atoms with van der Waals surface area (Å²) in [7, 11) is 1.30. The van der Waals surface area contributed by atoms with Crippen molar-refractivity contribution in [3.8, 4) is 0 Å². The van der Waals surface area contributed by atoms with Crippen molar-refractivity contribution in [3.05, 3.63) is 30.1 Å². The lowest BCUT2D eigenvalue weighted by molar-refractivity contribution is -0.140. The maximum absolute atomic E-state index is 12.4. The Morgan fingerprint density at radius 3 is 2.48 bits per heavy atom. The SMILES string of the molecule is COC(=O)CCN(CCNC(C)=O)C(=O)c1ccncc1. The number of ether oxygens (including phenoxy) is 1. The van der Waals surface area contributed by atoms with Gasteiger partial charge in [-0.05, 0) is 12.1 Å². The molecule has 1 aromatic rings. The van der Waals surface area contributed by atoms with Crippen LogP contribution in [0.4, 0.5) is 0 Å². The van der Waals surface area contributed by atoms with Crippen molar-refractivity contribution >= 4 is 17.8 Å². The molecular formula is C14H19N3O4. The Morgan fingerprint density at radius 1 is 1.24 bits per heavy atom. The molecule has 0 saturated heterocycles. The second-order valence-electron chi connectivity index (χ2n) is 4.34. The van der Waals surface area contributed by atoms with Gasteiger partial charge in [-0.2, -0.15) is 0 Å². The first-order chi connectivity index (χ1) is 10.0. The minimum absolute atomic E-state index is 0.105. The molecule has 1 N–H and O–H groups in total. The first kappa shape index (κ1) is 16.6. The molecule has 0 saturated carbocycles. The number of carbonyl (C=O) groups is 3. The van der Waals surface area contributed by atoms with Gasteiger partial charge >= 0.3 is 5.97 Å². The zero-order valence-electron chi connectivity index (χ0n) is 12.2. The van der Waals surface area contributed by atoms with Gasteiger partial charge in [0.05, 0.1) is 13.5 Å². The van der Waals surface area contributed by atoms with Gasteiger partial charge in [-0.25, -0.2) is 0 Å². The predicted molar refractivity (Wildman–Crippen MR) is 75.5 cm³/mol. The number of nitrogens with one attached hydrogen (secondary N) is 1. The first-order valence-corrected chi connectivity index (χ1v) is 6.55. The van der Waals surface area contributed by atoms with Gasteiger partial charge in [-0.15, -0.1) is 0 Å². The Balaban J connectivity index is 2.67. The van der Waals surface area contributed by atoms with E-state index >= 15 is 0 Å². The highest BCUT2D eigenvalue weighted by atomic mass is 16.5. The Labute approximate surface area is 123 Å². The van der Waals surface area contributed by atoms with E-state index in [4.69, 9.17) is 0 Å². The van der Waals surface area contributed by atoms with Crippen molar-refractivity contribution in [2.45, 2.75) is 13.3 Å². The maximum atomic E-state index is 12.4. The van der Waals surface area contributed by atoms with E-state index in [0.29, 0.717) is 18.7 Å². The fourth-order valence-corrected chi connectivity index (χ4v) is 1.69. The van der Waals surface area contributed by atoms with Crippen LogP contribution in [-0.2, 0) is 14.3 Å². The molecule has 0 fully saturated rings. The Morgan fingerprint density at radius 2 is 1.90 bits per heavy atom. The van der Waals surface area contributed by atoms with E-state index in [1.165, 1.54) is 31.3 Å². The average molecular weight is 293 g/mol. The van der Waals surface area contributed by atoms with Crippen molar-refractivity contribution in [2.75, 3.05) is 26.7 Å². The highest BCUT2D eigenvalue weighted by Crippen LogP contribution is 2.04. The van der Waals surface area contributed by atoms with Gasteiger partial charge in [0.1, 0.15) is 0 Å². The monoisotopic (exact) mass is 293 g/mol. The maximum Gasteiger partial charge on any atom is 0.307 e. The van der Waals surface area contributed by atoms with Crippen molar-refractivity contribution in [2.24, 2.45) is 0 Å². The molecule has 0 aromatic carbocycles. The zero-order valence-corrected chi connectivity index (χ0v) is 12.2. The molecule has 0 spiro atoms. The number of pyridine rings is 1. The lowest BCUT2D eigenvalue weighted by atomic mass is 10.2. The fourth-order valence-electron chi connectivity index (χ4n) is 1.69. The summed E-state index contributed by atoms with van der Waals surface area (Å²) in [5.41, 5.74) is 0.484. The third kappa shape index (κ3) is 6.03. The smallest absolute Gasteiger partial charge is 0.307 e. The Kier molecular flexibility index (Phi) is 6.86. The molecule has 0 bridgehead atoms. The lowest BCUT2D eigenvalue weighted by Crippen LogP contribution is -2.39. The lowest BCUT2D eigenvalue weighted by Gasteiger charge is -2.22. The number of hydrogen-bond acceptors (Lipinski definition) is 5. The largest absolute Gasteiger partial charge is 0.469 e. The van der Waals surface area contributed by atoms with Crippen LogP contribution < -0.4 is 5.32 Å². The van der Waals surface area contributed by atoms with Crippen LogP contribution in [0.25, 0.3) is 0 Å². The first-order valence-electron chi connectivity index (χ1n) is 6.55. The number of amides is 2. The van der Waals surface area contributed by atoms with Crippen LogP contribution in [0.1, 0.15) is 23.7 Å². The molecule has 0 atom stereocenters. The molecule has 2 amide bonds. The van der Waals surface area contributed by atoms with Crippen LogP contribution in [0.2, 0.25) is 0 Å². The van der Waals surface area contributed by atoms with Crippen molar-refractivity contribution < 1.29 is 19.1 Å². The van der Waals surface area contributed by atoms with Crippen LogP contribution in [0, 0.1) is 0 Å². The summed E-state index contributed by atoms with van der Waals surface area (Å²) < 4.78 is 4.57. The number of rotatable bonds is 7. The average Bonchev–Trinajstić information content (AvgIpc) is 2.50. The molecule has 114 valence electrons. The number of esters is 1. The molecule has 0 radical (unpaired) electrons. The summed E-state index contributed by atoms with van der Waals surface area (Å²) in [6.07, 6.45) is 3.16. The van der Waals surface area contributed by atoms with Crippen LogP contribution in [0.5, 0.6) is 0 Å². The second-order valence-corrected chi connectivity index (χ2v) is 4.34. The predicted octanol–water partition coefficient (Wildman–Crippen LogP) is 0.223. The van der Waals surface area contributed by atoms with Crippen LogP contribution in [0.15, 0.2) is 24.5 Å². The quantitative estimate of drug-likeness (QED) is 0.727. The molecule has 0 aliphatic carbocycles. The van der Waals surface area contributed by atoms with E-state index in [1.54, 1.807) is 12.1 Å². The summed E-state index contributed by atoms with van der Waals surface area (Å²) in [5, 5.41) is 2.62. The number of methoxy groups -OCH3 is 1. The van der Waals surface area contributed by atoms with Crippen molar-refractivity contribution in [1.29, 1.82) is 0 Å². The van der Waals surface area contributed by atoms with Gasteiger partial charge in [-0.1, -0.05) is 0 Å². The van der Waals surface area contributed by atoms with Crippen LogP contribution in [0.3, 0.4) is 0 Å². The minimum atomic E-state index is -0.387. The van der Waals surface area contributed by atoms with E-state index in [-0.39, 0.29) is 30.7 Å². The summed E-state index contributed by atoms with van der Waals surface area (Å²) >= 11 is 0. The molecule has 0 unspecified atom stereocenters. The van der Waals surface area contributed by atoms with Gasteiger partial charge in [0.2, 0.25) is 5.91 Å². The molecule has 7 nitrogen and oxygen atoms in total. The standard InChI is InChI=1S/C14H19N3O4/c1-11(18)16-8-10-17(9-5-13(19)21-2)14(20)12-3-6-15-7-4-12/h3-4,6-7H,5,8-10H2,1-2H3,(H,16,18). The van der Waals surface area contributed by atoms with Crippen LogP contribution >= 0.6 is 0 Å². The number of aromatic nitrogens is 1. The van der Waals surface area contributed by atoms with E-state index in [0.717, 1.165) is 0 Å². The molecule has 0 aliphatic rings. The Hall–Kier alpha value is -2.44. The number of carbonyl (C=O) groups excluding carboxylic acids is 3. The molecule has 1 heterocycles. The third-order valence-electron chi connectivity index (χ3n) is 2.78. The normalized spacial score (nSPS) is 9.81. The molecule has 1 aromatic heterocycles. The number of hydrogen-bond donors (Lipinski definition) is 1. The van der Waals surface area contributed by atoms with E-state index in [2.05, 4.69) is 15.0 Å². The van der Waals surface area contributed by atoms with Gasteiger partial charge in [-0.3, -0.25) is 19.4 Å². The highest BCUT2D eigenvalue weighted by Gasteiger charge is 2.16. The van der Waals surface area contributed by atoms with Gasteiger partial charge in [0.25, 0.3) is 5.91 Å². The Bertz CT molecular complexity index is 490. The summed E-state index contributed by atoms with van der Waals surface area (Å²) in [6, 6.07) is 3.21. The summed E-state index contributed by atoms with van der Waals surface area (Å²) in [6.45, 7) is 2.28. The van der Waals surface area contributed by atoms with Crippen molar-refractivity contribution in [3.63, 3.8) is 0 Å². The van der Waals surface area contributed by atoms with Crippen molar-refractivity contribution in [1.82, 2.24) is 15.2 Å². The van der Waals surface area contributed by atoms with Gasteiger partial charge in [0, 0.05) is 44.5 Å². The minimum Gasteiger partial charge on any atom is -0.469 e. The summed E-state index contributed by atoms with van der Waals surface area (Å²) in [5.74, 6) is -0.770. The second kappa shape index (κ2) is 8.68. The highest BCUT2D eigenvalue weighted by molar-refractivity contribution is 5.94. The molecule has 21 heavy (non-hydrogen) atoms. The van der Waals surface area contributed by atoms with E-state index < -0.39 is 0 Å². The topological polar surface area (TPSA) is 88.6 Å².